The summed E-state index contributed by atoms with van der Waals surface area (Å²) in [6, 6.07) is 10.4. The number of halogens is 1. The number of nitrogens with one attached hydrogen (secondary N) is 1. The summed E-state index contributed by atoms with van der Waals surface area (Å²) in [4.78, 5) is 12.8. The Balaban J connectivity index is 1.40. The van der Waals surface area contributed by atoms with Crippen LogP contribution >= 0.6 is 11.6 Å². The molecule has 0 saturated heterocycles. The molecule has 0 aromatic heterocycles. The SMILES string of the molecule is O=C(NCCc1ccccc1)C12C[C@@H]3C[C@@H](CC(Cl)(C3)C1)C2. The quantitative estimate of drug-likeness (QED) is 0.838. The summed E-state index contributed by atoms with van der Waals surface area (Å²) in [6.45, 7) is 0.731. The number of benzene rings is 1. The number of carbonyl (C=O) groups excluding carboxylic acids is 1. The lowest BCUT2D eigenvalue weighted by Crippen LogP contribution is -2.58. The lowest BCUT2D eigenvalue weighted by atomic mass is 9.49. The monoisotopic (exact) mass is 317 g/mol. The van der Waals surface area contributed by atoms with Crippen molar-refractivity contribution in [3.63, 3.8) is 0 Å². The molecule has 1 aromatic rings. The largest absolute Gasteiger partial charge is 0.355 e. The molecule has 4 aliphatic carbocycles. The second-order valence-corrected chi connectivity index (χ2v) is 8.69. The van der Waals surface area contributed by atoms with Crippen molar-refractivity contribution in [3.8, 4) is 0 Å². The maximum Gasteiger partial charge on any atom is 0.226 e. The highest BCUT2D eigenvalue weighted by Gasteiger charge is 2.59. The molecule has 0 heterocycles. The van der Waals surface area contributed by atoms with Crippen LogP contribution in [0.1, 0.15) is 44.1 Å². The fraction of sp³-hybridized carbons (Fsp3) is 0.632. The van der Waals surface area contributed by atoms with E-state index in [1.807, 2.05) is 18.2 Å². The van der Waals surface area contributed by atoms with Crippen molar-refractivity contribution in [2.24, 2.45) is 17.3 Å². The third-order valence-corrected chi connectivity index (χ3v) is 6.46. The third-order valence-electron chi connectivity index (χ3n) is 6.01. The summed E-state index contributed by atoms with van der Waals surface area (Å²) < 4.78 is 0. The predicted molar refractivity (Wildman–Crippen MR) is 88.9 cm³/mol. The predicted octanol–water partition coefficient (Wildman–Crippen LogP) is 3.92. The van der Waals surface area contributed by atoms with E-state index in [1.54, 1.807) is 0 Å². The molecule has 1 amide bonds. The molecule has 1 aromatic carbocycles. The standard InChI is InChI=1S/C19H24ClNO/c20-19-11-15-8-16(12-19)10-18(9-15,13-19)17(22)21-7-6-14-4-2-1-3-5-14/h1-5,15-16H,6-13H2,(H,21,22)/t15-,16+,18?,19?. The molecule has 4 bridgehead atoms. The van der Waals surface area contributed by atoms with Gasteiger partial charge in [0, 0.05) is 11.4 Å². The Kier molecular flexibility index (Phi) is 3.48. The van der Waals surface area contributed by atoms with Crippen LogP contribution < -0.4 is 5.32 Å². The Hall–Kier alpha value is -1.02. The molecule has 0 spiro atoms. The molecule has 4 aliphatic rings. The Labute approximate surface area is 137 Å². The molecule has 0 radical (unpaired) electrons. The molecule has 2 unspecified atom stereocenters. The number of rotatable bonds is 4. The van der Waals surface area contributed by atoms with Crippen LogP contribution in [0.15, 0.2) is 30.3 Å². The Morgan fingerprint density at radius 2 is 1.82 bits per heavy atom. The van der Waals surface area contributed by atoms with Crippen molar-refractivity contribution in [1.29, 1.82) is 0 Å². The van der Waals surface area contributed by atoms with Gasteiger partial charge in [0.15, 0.2) is 0 Å². The smallest absolute Gasteiger partial charge is 0.226 e. The zero-order valence-corrected chi connectivity index (χ0v) is 13.7. The van der Waals surface area contributed by atoms with Crippen molar-refractivity contribution in [3.05, 3.63) is 35.9 Å². The first-order valence-electron chi connectivity index (χ1n) is 8.58. The average Bonchev–Trinajstić information content (AvgIpc) is 2.45. The van der Waals surface area contributed by atoms with Crippen LogP contribution in [0.3, 0.4) is 0 Å². The van der Waals surface area contributed by atoms with E-state index < -0.39 is 0 Å². The van der Waals surface area contributed by atoms with Crippen LogP contribution in [0.2, 0.25) is 0 Å². The Bertz CT molecular complexity index is 556. The van der Waals surface area contributed by atoms with Gasteiger partial charge in [0.1, 0.15) is 0 Å². The number of hydrogen-bond acceptors (Lipinski definition) is 1. The lowest BCUT2D eigenvalue weighted by molar-refractivity contribution is -0.144. The summed E-state index contributed by atoms with van der Waals surface area (Å²) in [5.41, 5.74) is 1.12. The highest BCUT2D eigenvalue weighted by molar-refractivity contribution is 6.24. The second-order valence-electron chi connectivity index (χ2n) is 7.88. The first kappa shape index (κ1) is 14.6. The average molecular weight is 318 g/mol. The molecule has 0 aliphatic heterocycles. The van der Waals surface area contributed by atoms with Gasteiger partial charge in [0.2, 0.25) is 5.91 Å². The first-order valence-corrected chi connectivity index (χ1v) is 8.96. The summed E-state index contributed by atoms with van der Waals surface area (Å²) in [7, 11) is 0. The van der Waals surface area contributed by atoms with Crippen LogP contribution in [0.5, 0.6) is 0 Å². The van der Waals surface area contributed by atoms with Crippen molar-refractivity contribution >= 4 is 17.5 Å². The summed E-state index contributed by atoms with van der Waals surface area (Å²) in [5, 5.41) is 3.21. The molecule has 4 atom stereocenters. The van der Waals surface area contributed by atoms with Crippen molar-refractivity contribution < 1.29 is 4.79 Å². The molecule has 22 heavy (non-hydrogen) atoms. The highest BCUT2D eigenvalue weighted by atomic mass is 35.5. The molecular formula is C19H24ClNO. The minimum atomic E-state index is -0.164. The topological polar surface area (TPSA) is 29.1 Å². The van der Waals surface area contributed by atoms with Crippen LogP contribution in [0.4, 0.5) is 0 Å². The van der Waals surface area contributed by atoms with E-state index in [1.165, 1.54) is 12.0 Å². The molecule has 1 N–H and O–H groups in total. The van der Waals surface area contributed by atoms with E-state index in [0.29, 0.717) is 11.8 Å². The molecule has 118 valence electrons. The fourth-order valence-corrected chi connectivity index (χ4v) is 6.26. The van der Waals surface area contributed by atoms with Gasteiger partial charge in [-0.2, -0.15) is 0 Å². The third kappa shape index (κ3) is 2.56. The molecule has 5 rings (SSSR count). The molecule has 4 fully saturated rings. The minimum Gasteiger partial charge on any atom is -0.355 e. The molecule has 4 saturated carbocycles. The Morgan fingerprint density at radius 1 is 1.14 bits per heavy atom. The van der Waals surface area contributed by atoms with E-state index in [4.69, 9.17) is 11.6 Å². The maximum absolute atomic E-state index is 12.9. The lowest BCUT2D eigenvalue weighted by Gasteiger charge is -2.59. The van der Waals surface area contributed by atoms with E-state index in [2.05, 4.69) is 17.4 Å². The zero-order valence-electron chi connectivity index (χ0n) is 13.0. The van der Waals surface area contributed by atoms with Crippen molar-refractivity contribution in [2.45, 2.75) is 49.8 Å². The van der Waals surface area contributed by atoms with Gasteiger partial charge in [-0.1, -0.05) is 30.3 Å². The Morgan fingerprint density at radius 3 is 2.45 bits per heavy atom. The minimum absolute atomic E-state index is 0.0825. The normalized spacial score (nSPS) is 39.0. The van der Waals surface area contributed by atoms with Gasteiger partial charge in [-0.3, -0.25) is 4.79 Å². The van der Waals surface area contributed by atoms with Crippen LogP contribution in [0.25, 0.3) is 0 Å². The van der Waals surface area contributed by atoms with Gasteiger partial charge < -0.3 is 5.32 Å². The number of carbonyl (C=O) groups is 1. The van der Waals surface area contributed by atoms with Gasteiger partial charge in [-0.15, -0.1) is 11.6 Å². The number of alkyl halides is 1. The summed E-state index contributed by atoms with van der Waals surface area (Å²) in [5.74, 6) is 1.62. The van der Waals surface area contributed by atoms with Gasteiger partial charge in [-0.05, 0) is 62.3 Å². The molecule has 3 heteroatoms. The van der Waals surface area contributed by atoms with Gasteiger partial charge in [-0.25, -0.2) is 0 Å². The van der Waals surface area contributed by atoms with Crippen LogP contribution in [-0.4, -0.2) is 17.3 Å². The van der Waals surface area contributed by atoms with Gasteiger partial charge in [0.05, 0.1) is 5.41 Å². The first-order chi connectivity index (χ1) is 10.6. The highest BCUT2D eigenvalue weighted by Crippen LogP contribution is 2.63. The van der Waals surface area contributed by atoms with Gasteiger partial charge >= 0.3 is 0 Å². The van der Waals surface area contributed by atoms with Gasteiger partial charge in [0.25, 0.3) is 0 Å². The number of amides is 1. The van der Waals surface area contributed by atoms with Crippen LogP contribution in [0, 0.1) is 17.3 Å². The summed E-state index contributed by atoms with van der Waals surface area (Å²) >= 11 is 6.81. The van der Waals surface area contributed by atoms with E-state index in [-0.39, 0.29) is 16.2 Å². The van der Waals surface area contributed by atoms with E-state index >= 15 is 0 Å². The van der Waals surface area contributed by atoms with E-state index in [9.17, 15) is 4.79 Å². The molecular weight excluding hydrogens is 294 g/mol. The fourth-order valence-electron chi connectivity index (χ4n) is 5.57. The summed E-state index contributed by atoms with van der Waals surface area (Å²) in [6.07, 6.45) is 7.49. The maximum atomic E-state index is 12.9. The number of hydrogen-bond donors (Lipinski definition) is 1. The zero-order chi connectivity index (χ0) is 15.2. The molecule has 2 nitrogen and oxygen atoms in total. The second kappa shape index (κ2) is 5.26. The van der Waals surface area contributed by atoms with E-state index in [0.717, 1.165) is 45.1 Å². The van der Waals surface area contributed by atoms with Crippen molar-refractivity contribution in [2.75, 3.05) is 6.54 Å². The van der Waals surface area contributed by atoms with Crippen molar-refractivity contribution in [1.82, 2.24) is 5.32 Å². The van der Waals surface area contributed by atoms with Crippen LogP contribution in [-0.2, 0) is 11.2 Å².